The number of rotatable bonds is 7. The number of carbonyl (C=O) groups excluding carboxylic acids is 2. The number of carbonyl (C=O) groups is 3. The Morgan fingerprint density at radius 3 is 2.24 bits per heavy atom. The van der Waals surface area contributed by atoms with Crippen LogP contribution in [0.2, 0.25) is 0 Å². The van der Waals surface area contributed by atoms with Gasteiger partial charge in [-0.1, -0.05) is 12.1 Å². The van der Waals surface area contributed by atoms with Gasteiger partial charge in [-0.3, -0.25) is 9.59 Å². The van der Waals surface area contributed by atoms with Gasteiger partial charge in [0.05, 0.1) is 0 Å². The van der Waals surface area contributed by atoms with Crippen molar-refractivity contribution in [3.8, 4) is 0 Å². The van der Waals surface area contributed by atoms with Gasteiger partial charge in [0.2, 0.25) is 5.91 Å². The van der Waals surface area contributed by atoms with Gasteiger partial charge >= 0.3 is 12.1 Å². The molecule has 0 aliphatic heterocycles. The number of halogens is 5. The van der Waals surface area contributed by atoms with Crippen molar-refractivity contribution in [1.29, 1.82) is 0 Å². The van der Waals surface area contributed by atoms with Crippen LogP contribution in [0.5, 0.6) is 0 Å². The van der Waals surface area contributed by atoms with Crippen LogP contribution in [0.4, 0.5) is 27.8 Å². The number of H-pyrrole nitrogens is 1. The number of pyridine rings is 1. The van der Waals surface area contributed by atoms with Gasteiger partial charge < -0.3 is 26.5 Å². The van der Waals surface area contributed by atoms with Crippen LogP contribution in [0.15, 0.2) is 48.8 Å². The number of hydrogen-bond acceptors (Lipinski definition) is 5. The summed E-state index contributed by atoms with van der Waals surface area (Å²) in [5.74, 6) is -5.36. The van der Waals surface area contributed by atoms with Gasteiger partial charge in [0, 0.05) is 25.4 Å². The molecule has 0 fully saturated rings. The van der Waals surface area contributed by atoms with Crippen molar-refractivity contribution in [2.45, 2.75) is 32.1 Å². The molecule has 37 heavy (non-hydrogen) atoms. The van der Waals surface area contributed by atoms with E-state index in [4.69, 9.17) is 15.6 Å². The van der Waals surface area contributed by atoms with Crippen LogP contribution in [-0.4, -0.2) is 45.1 Å². The smallest absolute Gasteiger partial charge is 0.475 e. The van der Waals surface area contributed by atoms with Crippen molar-refractivity contribution in [2.24, 2.45) is 0 Å². The number of benzene rings is 1. The second-order valence-electron chi connectivity index (χ2n) is 7.63. The topological polar surface area (TPSA) is 150 Å². The van der Waals surface area contributed by atoms with Crippen molar-refractivity contribution >= 4 is 23.6 Å². The molecule has 1 aromatic carbocycles. The number of nitrogens with zero attached hydrogens (tertiary/aromatic N) is 1. The summed E-state index contributed by atoms with van der Waals surface area (Å²) in [5.41, 5.74) is 7.67. The number of nitrogens with one attached hydrogen (secondary N) is 3. The Labute approximate surface area is 206 Å². The van der Waals surface area contributed by atoms with Crippen LogP contribution in [0.1, 0.15) is 27.2 Å². The van der Waals surface area contributed by atoms with E-state index in [9.17, 15) is 31.5 Å². The maximum absolute atomic E-state index is 13.6. The first-order valence-corrected chi connectivity index (χ1v) is 10.4. The number of nitrogens with two attached hydrogens (primary N) is 1. The normalized spacial score (nSPS) is 11.6. The number of amides is 2. The van der Waals surface area contributed by atoms with Crippen molar-refractivity contribution < 1.29 is 41.4 Å². The summed E-state index contributed by atoms with van der Waals surface area (Å²) >= 11 is 0. The number of aromatic nitrogens is 2. The largest absolute Gasteiger partial charge is 0.490 e. The first-order valence-electron chi connectivity index (χ1n) is 10.4. The molecule has 0 radical (unpaired) electrons. The van der Waals surface area contributed by atoms with Crippen molar-refractivity contribution in [3.05, 3.63) is 82.8 Å². The minimum Gasteiger partial charge on any atom is -0.475 e. The van der Waals surface area contributed by atoms with Crippen molar-refractivity contribution in [1.82, 2.24) is 20.6 Å². The fourth-order valence-corrected chi connectivity index (χ4v) is 2.89. The minimum atomic E-state index is -5.08. The number of alkyl halides is 3. The lowest BCUT2D eigenvalue weighted by Gasteiger charge is -2.19. The SMILES string of the molecule is Cc1cc[nH]c1C(=O)N[C@@H](Cc1ccc(F)c(F)c1)C(=O)NCc1ccc(N)nc1.O=C(O)C(F)(F)F. The molecule has 2 amide bonds. The van der Waals surface area contributed by atoms with E-state index in [0.717, 1.165) is 17.7 Å². The highest BCUT2D eigenvalue weighted by Crippen LogP contribution is 2.13. The fourth-order valence-electron chi connectivity index (χ4n) is 2.89. The molecule has 14 heteroatoms. The molecule has 0 aliphatic rings. The number of carboxylic acids is 1. The zero-order chi connectivity index (χ0) is 27.8. The van der Waals surface area contributed by atoms with Gasteiger partial charge in [0.1, 0.15) is 17.6 Å². The Morgan fingerprint density at radius 2 is 1.73 bits per heavy atom. The van der Waals surface area contributed by atoms with Crippen LogP contribution < -0.4 is 16.4 Å². The minimum absolute atomic E-state index is 0.0193. The van der Waals surface area contributed by atoms with Crippen LogP contribution in [0.25, 0.3) is 0 Å². The van der Waals surface area contributed by atoms with Crippen LogP contribution in [0.3, 0.4) is 0 Å². The molecule has 0 spiro atoms. The summed E-state index contributed by atoms with van der Waals surface area (Å²) in [6.45, 7) is 1.92. The molecule has 0 saturated carbocycles. The van der Waals surface area contributed by atoms with Gasteiger partial charge in [-0.15, -0.1) is 0 Å². The maximum Gasteiger partial charge on any atom is 0.490 e. The molecule has 0 unspecified atom stereocenters. The lowest BCUT2D eigenvalue weighted by molar-refractivity contribution is -0.192. The molecular weight excluding hydrogens is 505 g/mol. The van der Waals surface area contributed by atoms with Crippen LogP contribution >= 0.6 is 0 Å². The fraction of sp³-hybridized carbons (Fsp3) is 0.217. The molecule has 2 heterocycles. The molecule has 0 bridgehead atoms. The Kier molecular flexibility index (Phi) is 9.68. The predicted octanol–water partition coefficient (Wildman–Crippen LogP) is 2.87. The van der Waals surface area contributed by atoms with E-state index in [2.05, 4.69) is 20.6 Å². The maximum atomic E-state index is 13.6. The van der Waals surface area contributed by atoms with Gasteiger partial charge in [-0.05, 0) is 47.9 Å². The summed E-state index contributed by atoms with van der Waals surface area (Å²) in [5, 5.41) is 12.5. The van der Waals surface area contributed by atoms with Gasteiger partial charge in [-0.2, -0.15) is 13.2 Å². The molecular formula is C23H22F5N5O4. The average Bonchev–Trinajstić information content (AvgIpc) is 3.26. The zero-order valence-corrected chi connectivity index (χ0v) is 19.2. The lowest BCUT2D eigenvalue weighted by atomic mass is 10.0. The third-order valence-electron chi connectivity index (χ3n) is 4.78. The summed E-state index contributed by atoms with van der Waals surface area (Å²) in [4.78, 5) is 41.0. The highest BCUT2D eigenvalue weighted by molar-refractivity contribution is 5.97. The third kappa shape index (κ3) is 8.91. The average molecular weight is 527 g/mol. The number of aryl methyl sites for hydroxylation is 1. The molecule has 198 valence electrons. The number of aliphatic carboxylic acids is 1. The van der Waals surface area contributed by atoms with Gasteiger partial charge in [0.25, 0.3) is 5.91 Å². The standard InChI is InChI=1S/C21H21F2N5O2.C2HF3O2/c1-12-6-7-25-19(12)21(30)28-17(9-13-2-4-15(22)16(23)8-13)20(29)27-11-14-3-5-18(24)26-10-14;3-2(4,5)1(6)7/h2-8,10,17,25H,9,11H2,1H3,(H2,24,26)(H,27,29)(H,28,30);(H,6,7)/t17-;/m0./s1. The molecule has 9 nitrogen and oxygen atoms in total. The number of anilines is 1. The highest BCUT2D eigenvalue weighted by atomic mass is 19.4. The Bertz CT molecular complexity index is 1250. The number of carboxylic acid groups (broad SMARTS) is 1. The quantitative estimate of drug-likeness (QED) is 0.298. The molecule has 3 rings (SSSR count). The van der Waals surface area contributed by atoms with Gasteiger partial charge in [-0.25, -0.2) is 18.6 Å². The van der Waals surface area contributed by atoms with E-state index in [1.54, 1.807) is 31.3 Å². The van der Waals surface area contributed by atoms with Crippen molar-refractivity contribution in [2.75, 3.05) is 5.73 Å². The third-order valence-corrected chi connectivity index (χ3v) is 4.78. The van der Waals surface area contributed by atoms with Crippen molar-refractivity contribution in [3.63, 3.8) is 0 Å². The second kappa shape index (κ2) is 12.5. The zero-order valence-electron chi connectivity index (χ0n) is 19.2. The van der Waals surface area contributed by atoms with Crippen LogP contribution in [0, 0.1) is 18.6 Å². The molecule has 2 aromatic heterocycles. The summed E-state index contributed by atoms with van der Waals surface area (Å²) in [6.07, 6.45) is -1.96. The van der Waals surface area contributed by atoms with E-state index in [1.807, 2.05) is 0 Å². The number of nitrogen functional groups attached to an aromatic ring is 1. The van der Waals surface area contributed by atoms with E-state index < -0.39 is 41.6 Å². The van der Waals surface area contributed by atoms with Gasteiger partial charge in [0.15, 0.2) is 11.6 Å². The molecule has 3 aromatic rings. The molecule has 0 aliphatic carbocycles. The molecule has 6 N–H and O–H groups in total. The highest BCUT2D eigenvalue weighted by Gasteiger charge is 2.38. The first-order chi connectivity index (χ1) is 17.3. The first kappa shape index (κ1) is 28.7. The van der Waals surface area contributed by atoms with E-state index in [0.29, 0.717) is 22.6 Å². The number of aromatic amines is 1. The second-order valence-corrected chi connectivity index (χ2v) is 7.63. The molecule has 1 atom stereocenters. The summed E-state index contributed by atoms with van der Waals surface area (Å²) < 4.78 is 58.6. The predicted molar refractivity (Wildman–Crippen MR) is 121 cm³/mol. The monoisotopic (exact) mass is 527 g/mol. The van der Waals surface area contributed by atoms with E-state index >= 15 is 0 Å². The summed E-state index contributed by atoms with van der Waals surface area (Å²) in [7, 11) is 0. The Hall–Kier alpha value is -4.49. The molecule has 0 saturated heterocycles. The lowest BCUT2D eigenvalue weighted by Crippen LogP contribution is -2.48. The number of hydrogen-bond donors (Lipinski definition) is 5. The Morgan fingerprint density at radius 1 is 1.08 bits per heavy atom. The summed E-state index contributed by atoms with van der Waals surface area (Å²) in [6, 6.07) is 7.40. The van der Waals surface area contributed by atoms with E-state index in [1.165, 1.54) is 12.3 Å². The van der Waals surface area contributed by atoms with E-state index in [-0.39, 0.29) is 13.0 Å². The Balaban J connectivity index is 0.000000604. The van der Waals surface area contributed by atoms with Crippen LogP contribution in [-0.2, 0) is 22.6 Å².